The lowest BCUT2D eigenvalue weighted by Crippen LogP contribution is -2.16. The predicted octanol–water partition coefficient (Wildman–Crippen LogP) is 13.2. The number of benzene rings is 7. The molecule has 0 spiro atoms. The number of fused-ring (bicyclic) bond motifs is 3. The van der Waals surface area contributed by atoms with E-state index in [0.717, 1.165) is 21.5 Å². The van der Waals surface area contributed by atoms with Gasteiger partial charge in [0.05, 0.1) is 0 Å². The van der Waals surface area contributed by atoms with E-state index in [0.29, 0.717) is 0 Å². The molecule has 0 radical (unpaired) electrons. The molecule has 1 aliphatic rings. The highest BCUT2D eigenvalue weighted by Gasteiger charge is 2.35. The molecule has 47 heavy (non-hydrogen) atoms. The molecule has 0 amide bonds. The van der Waals surface area contributed by atoms with Gasteiger partial charge in [0.15, 0.2) is 0 Å². The largest absolute Gasteiger partial charge is 0.310 e. The molecule has 2 heteroatoms. The number of anilines is 3. The van der Waals surface area contributed by atoms with Crippen molar-refractivity contribution >= 4 is 33.0 Å². The van der Waals surface area contributed by atoms with Gasteiger partial charge in [-0.15, -0.1) is 0 Å². The Labute approximate surface area is 285 Å². The molecule has 7 aromatic carbocycles. The van der Waals surface area contributed by atoms with E-state index >= 15 is 0 Å². The summed E-state index contributed by atoms with van der Waals surface area (Å²) >= 11 is 3.54. The molecule has 1 nitrogen and oxygen atoms in total. The van der Waals surface area contributed by atoms with E-state index in [4.69, 9.17) is 0 Å². The van der Waals surface area contributed by atoms with Crippen LogP contribution in [-0.2, 0) is 5.41 Å². The van der Waals surface area contributed by atoms with Crippen molar-refractivity contribution in [1.82, 2.24) is 0 Å². The standard InChI is InChI=1S/C45H34BrN/c1-45(2)43-11-7-6-10-41(43)42-29-28-40(30-44(42)45)47(38-24-18-35(19-25-38)31-8-4-3-5-9-31)39-26-20-36(21-27-39)33-14-12-32(13-15-33)34-16-22-37(46)23-17-34/h3-30H,1-2H3. The van der Waals surface area contributed by atoms with Gasteiger partial charge in [-0.1, -0.05) is 151 Å². The Kier molecular flexibility index (Phi) is 7.39. The van der Waals surface area contributed by atoms with Gasteiger partial charge in [-0.3, -0.25) is 0 Å². The summed E-state index contributed by atoms with van der Waals surface area (Å²) in [6.07, 6.45) is 0. The summed E-state index contributed by atoms with van der Waals surface area (Å²) < 4.78 is 1.09. The Morgan fingerprint density at radius 2 is 0.787 bits per heavy atom. The van der Waals surface area contributed by atoms with Crippen molar-refractivity contribution < 1.29 is 0 Å². The van der Waals surface area contributed by atoms with Crippen molar-refractivity contribution in [3.05, 3.63) is 185 Å². The maximum atomic E-state index is 3.54. The third-order valence-electron chi connectivity index (χ3n) is 9.58. The van der Waals surface area contributed by atoms with Crippen LogP contribution in [-0.4, -0.2) is 0 Å². The van der Waals surface area contributed by atoms with Crippen LogP contribution in [0.5, 0.6) is 0 Å². The molecule has 8 rings (SSSR count). The van der Waals surface area contributed by atoms with Crippen LogP contribution in [0, 0.1) is 0 Å². The van der Waals surface area contributed by atoms with Gasteiger partial charge in [-0.05, 0) is 104 Å². The molecule has 0 atom stereocenters. The average molecular weight is 669 g/mol. The van der Waals surface area contributed by atoms with Gasteiger partial charge in [-0.25, -0.2) is 0 Å². The first kappa shape index (κ1) is 29.2. The second kappa shape index (κ2) is 11.9. The summed E-state index contributed by atoms with van der Waals surface area (Å²) in [5, 5.41) is 0. The first-order valence-electron chi connectivity index (χ1n) is 16.1. The van der Waals surface area contributed by atoms with Crippen molar-refractivity contribution in [2.45, 2.75) is 19.3 Å². The lowest BCUT2D eigenvalue weighted by molar-refractivity contribution is 0.660. The summed E-state index contributed by atoms with van der Waals surface area (Å²) in [4.78, 5) is 2.38. The van der Waals surface area contributed by atoms with Crippen LogP contribution in [0.4, 0.5) is 17.1 Å². The van der Waals surface area contributed by atoms with Gasteiger partial charge < -0.3 is 4.90 Å². The van der Waals surface area contributed by atoms with Gasteiger partial charge in [0.25, 0.3) is 0 Å². The highest BCUT2D eigenvalue weighted by Crippen LogP contribution is 2.50. The first-order valence-corrected chi connectivity index (χ1v) is 16.9. The molecule has 0 unspecified atom stereocenters. The molecule has 1 aliphatic carbocycles. The van der Waals surface area contributed by atoms with Crippen LogP contribution in [0.25, 0.3) is 44.5 Å². The smallest absolute Gasteiger partial charge is 0.0465 e. The fourth-order valence-electron chi connectivity index (χ4n) is 7.01. The third-order valence-corrected chi connectivity index (χ3v) is 10.1. The minimum atomic E-state index is -0.0724. The maximum Gasteiger partial charge on any atom is 0.0465 e. The zero-order valence-corrected chi connectivity index (χ0v) is 28.1. The van der Waals surface area contributed by atoms with Crippen LogP contribution in [0.3, 0.4) is 0 Å². The Morgan fingerprint density at radius 3 is 1.34 bits per heavy atom. The summed E-state index contributed by atoms with van der Waals surface area (Å²) in [5.41, 5.74) is 16.0. The fourth-order valence-corrected chi connectivity index (χ4v) is 7.28. The molecule has 0 aromatic heterocycles. The van der Waals surface area contributed by atoms with E-state index in [2.05, 4.69) is 205 Å². The number of hydrogen-bond donors (Lipinski definition) is 0. The molecule has 0 N–H and O–H groups in total. The van der Waals surface area contributed by atoms with Gasteiger partial charge in [0.2, 0.25) is 0 Å². The molecule has 226 valence electrons. The van der Waals surface area contributed by atoms with E-state index < -0.39 is 0 Å². The molecule has 7 aromatic rings. The van der Waals surface area contributed by atoms with Crippen LogP contribution in [0.1, 0.15) is 25.0 Å². The summed E-state index contributed by atoms with van der Waals surface area (Å²) in [6.45, 7) is 4.69. The highest BCUT2D eigenvalue weighted by molar-refractivity contribution is 9.10. The monoisotopic (exact) mass is 667 g/mol. The molecular weight excluding hydrogens is 634 g/mol. The summed E-state index contributed by atoms with van der Waals surface area (Å²) in [6, 6.07) is 61.6. The fraction of sp³-hybridized carbons (Fsp3) is 0.0667. The van der Waals surface area contributed by atoms with Gasteiger partial charge in [0, 0.05) is 26.9 Å². The molecule has 0 saturated carbocycles. The first-order chi connectivity index (χ1) is 23.0. The highest BCUT2D eigenvalue weighted by atomic mass is 79.9. The average Bonchev–Trinajstić information content (AvgIpc) is 3.35. The molecule has 0 aliphatic heterocycles. The zero-order valence-electron chi connectivity index (χ0n) is 26.5. The SMILES string of the molecule is CC1(C)c2ccccc2-c2ccc(N(c3ccc(-c4ccccc4)cc3)c3ccc(-c4ccc(-c5ccc(Br)cc5)cc4)cc3)cc21. The van der Waals surface area contributed by atoms with Crippen molar-refractivity contribution in [2.75, 3.05) is 4.90 Å². The van der Waals surface area contributed by atoms with Gasteiger partial charge in [-0.2, -0.15) is 0 Å². The maximum absolute atomic E-state index is 3.54. The zero-order chi connectivity index (χ0) is 32.0. The predicted molar refractivity (Wildman–Crippen MR) is 203 cm³/mol. The lowest BCUT2D eigenvalue weighted by atomic mass is 9.82. The van der Waals surface area contributed by atoms with E-state index in [1.54, 1.807) is 0 Å². The number of halogens is 1. The van der Waals surface area contributed by atoms with Gasteiger partial charge in [0.1, 0.15) is 0 Å². The van der Waals surface area contributed by atoms with E-state index in [9.17, 15) is 0 Å². The second-order valence-corrected chi connectivity index (χ2v) is 13.7. The minimum Gasteiger partial charge on any atom is -0.310 e. The topological polar surface area (TPSA) is 3.24 Å². The molecule has 0 fully saturated rings. The Bertz CT molecular complexity index is 2180. The molecule has 0 heterocycles. The van der Waals surface area contributed by atoms with Gasteiger partial charge >= 0.3 is 0 Å². The van der Waals surface area contributed by atoms with E-state index in [-0.39, 0.29) is 5.41 Å². The van der Waals surface area contributed by atoms with E-state index in [1.165, 1.54) is 55.6 Å². The van der Waals surface area contributed by atoms with Crippen LogP contribution >= 0.6 is 15.9 Å². The van der Waals surface area contributed by atoms with Crippen LogP contribution in [0.15, 0.2) is 174 Å². The van der Waals surface area contributed by atoms with Crippen LogP contribution in [0.2, 0.25) is 0 Å². The van der Waals surface area contributed by atoms with Crippen molar-refractivity contribution in [1.29, 1.82) is 0 Å². The Morgan fingerprint density at radius 1 is 0.383 bits per heavy atom. The second-order valence-electron chi connectivity index (χ2n) is 12.8. The Balaban J connectivity index is 1.17. The number of rotatable bonds is 6. The van der Waals surface area contributed by atoms with Crippen molar-refractivity contribution in [2.24, 2.45) is 0 Å². The normalized spacial score (nSPS) is 12.7. The van der Waals surface area contributed by atoms with Crippen LogP contribution < -0.4 is 4.90 Å². The summed E-state index contributed by atoms with van der Waals surface area (Å²) in [5.74, 6) is 0. The lowest BCUT2D eigenvalue weighted by Gasteiger charge is -2.28. The van der Waals surface area contributed by atoms with Crippen molar-refractivity contribution in [3.63, 3.8) is 0 Å². The minimum absolute atomic E-state index is 0.0724. The number of hydrogen-bond acceptors (Lipinski definition) is 1. The summed E-state index contributed by atoms with van der Waals surface area (Å²) in [7, 11) is 0. The third kappa shape index (κ3) is 5.39. The molecular formula is C45H34BrN. The number of nitrogens with zero attached hydrogens (tertiary/aromatic N) is 1. The van der Waals surface area contributed by atoms with Crippen molar-refractivity contribution in [3.8, 4) is 44.5 Å². The molecule has 0 bridgehead atoms. The molecule has 0 saturated heterocycles. The quantitative estimate of drug-likeness (QED) is 0.170. The Hall–Kier alpha value is -5.18. The van der Waals surface area contributed by atoms with E-state index in [1.807, 2.05) is 0 Å².